The SMILES string of the molecule is CCC(NC1CCN2CCCC12)C(=O)OC. The Kier molecular flexibility index (Phi) is 3.82. The van der Waals surface area contributed by atoms with E-state index in [4.69, 9.17) is 4.74 Å². The molecule has 0 saturated carbocycles. The smallest absolute Gasteiger partial charge is 0.322 e. The van der Waals surface area contributed by atoms with Crippen molar-refractivity contribution in [2.45, 2.75) is 50.7 Å². The van der Waals surface area contributed by atoms with Gasteiger partial charge in [0.2, 0.25) is 0 Å². The van der Waals surface area contributed by atoms with E-state index in [1.807, 2.05) is 6.92 Å². The zero-order valence-corrected chi connectivity index (χ0v) is 10.2. The third kappa shape index (κ3) is 2.23. The zero-order valence-electron chi connectivity index (χ0n) is 10.2. The number of ether oxygens (including phenoxy) is 1. The second-order valence-corrected chi connectivity index (χ2v) is 4.79. The summed E-state index contributed by atoms with van der Waals surface area (Å²) in [6, 6.07) is 1.00. The molecule has 1 N–H and O–H groups in total. The summed E-state index contributed by atoms with van der Waals surface area (Å²) in [6.07, 6.45) is 4.54. The fourth-order valence-electron chi connectivity index (χ4n) is 3.03. The first-order chi connectivity index (χ1) is 7.76. The van der Waals surface area contributed by atoms with Crippen LogP contribution in [0.5, 0.6) is 0 Å². The van der Waals surface area contributed by atoms with Crippen LogP contribution < -0.4 is 5.32 Å². The summed E-state index contributed by atoms with van der Waals surface area (Å²) in [5, 5.41) is 3.47. The molecule has 3 unspecified atom stereocenters. The predicted molar refractivity (Wildman–Crippen MR) is 62.2 cm³/mol. The average Bonchev–Trinajstić information content (AvgIpc) is 2.88. The Bertz CT molecular complexity index is 257. The first kappa shape index (κ1) is 11.9. The first-order valence-electron chi connectivity index (χ1n) is 6.34. The van der Waals surface area contributed by atoms with Gasteiger partial charge in [0.1, 0.15) is 6.04 Å². The third-order valence-corrected chi connectivity index (χ3v) is 3.92. The molecule has 3 atom stereocenters. The van der Waals surface area contributed by atoms with E-state index >= 15 is 0 Å². The number of methoxy groups -OCH3 is 1. The molecule has 0 aromatic carbocycles. The molecule has 0 aliphatic carbocycles. The average molecular weight is 226 g/mol. The van der Waals surface area contributed by atoms with Crippen molar-refractivity contribution >= 4 is 5.97 Å². The van der Waals surface area contributed by atoms with Crippen molar-refractivity contribution in [3.63, 3.8) is 0 Å². The molecule has 0 amide bonds. The second-order valence-electron chi connectivity index (χ2n) is 4.79. The minimum absolute atomic E-state index is 0.126. The molecular weight excluding hydrogens is 204 g/mol. The summed E-state index contributed by atoms with van der Waals surface area (Å²) >= 11 is 0. The van der Waals surface area contributed by atoms with E-state index in [0.29, 0.717) is 12.1 Å². The highest BCUT2D eigenvalue weighted by Gasteiger charge is 2.38. The molecule has 2 saturated heterocycles. The molecule has 0 bridgehead atoms. The minimum Gasteiger partial charge on any atom is -0.468 e. The van der Waals surface area contributed by atoms with Crippen LogP contribution in [-0.2, 0) is 9.53 Å². The first-order valence-corrected chi connectivity index (χ1v) is 6.34. The molecule has 2 aliphatic heterocycles. The van der Waals surface area contributed by atoms with Crippen molar-refractivity contribution < 1.29 is 9.53 Å². The maximum absolute atomic E-state index is 11.5. The monoisotopic (exact) mass is 226 g/mol. The van der Waals surface area contributed by atoms with Crippen molar-refractivity contribution in [3.05, 3.63) is 0 Å². The minimum atomic E-state index is -0.129. The lowest BCUT2D eigenvalue weighted by Crippen LogP contribution is -2.48. The van der Waals surface area contributed by atoms with E-state index in [0.717, 1.165) is 12.8 Å². The summed E-state index contributed by atoms with van der Waals surface area (Å²) < 4.78 is 4.81. The highest BCUT2D eigenvalue weighted by atomic mass is 16.5. The Balaban J connectivity index is 1.90. The van der Waals surface area contributed by atoms with Crippen molar-refractivity contribution in [2.75, 3.05) is 20.2 Å². The highest BCUT2D eigenvalue weighted by Crippen LogP contribution is 2.28. The molecule has 16 heavy (non-hydrogen) atoms. The Morgan fingerprint density at radius 2 is 2.31 bits per heavy atom. The van der Waals surface area contributed by atoms with Crippen LogP contribution in [0.2, 0.25) is 0 Å². The summed E-state index contributed by atoms with van der Waals surface area (Å²) in [4.78, 5) is 14.1. The van der Waals surface area contributed by atoms with Crippen LogP contribution in [-0.4, -0.2) is 49.2 Å². The molecule has 4 heteroatoms. The molecule has 0 aromatic rings. The van der Waals surface area contributed by atoms with E-state index in [1.54, 1.807) is 0 Å². The van der Waals surface area contributed by atoms with Gasteiger partial charge in [-0.2, -0.15) is 0 Å². The van der Waals surface area contributed by atoms with Crippen LogP contribution in [0.4, 0.5) is 0 Å². The normalized spacial score (nSPS) is 31.4. The molecule has 0 aromatic heterocycles. The molecule has 2 rings (SSSR count). The van der Waals surface area contributed by atoms with Gasteiger partial charge in [-0.15, -0.1) is 0 Å². The number of fused-ring (bicyclic) bond motifs is 1. The maximum atomic E-state index is 11.5. The largest absolute Gasteiger partial charge is 0.468 e. The number of esters is 1. The van der Waals surface area contributed by atoms with Gasteiger partial charge in [-0.3, -0.25) is 15.0 Å². The summed E-state index contributed by atoms with van der Waals surface area (Å²) in [5.74, 6) is -0.126. The van der Waals surface area contributed by atoms with Gasteiger partial charge >= 0.3 is 5.97 Å². The molecular formula is C12H22N2O2. The van der Waals surface area contributed by atoms with Crippen molar-refractivity contribution in [1.82, 2.24) is 10.2 Å². The van der Waals surface area contributed by atoms with E-state index in [1.165, 1.54) is 33.0 Å². The molecule has 4 nitrogen and oxygen atoms in total. The van der Waals surface area contributed by atoms with Gasteiger partial charge in [0.15, 0.2) is 0 Å². The Hall–Kier alpha value is -0.610. The number of hydrogen-bond acceptors (Lipinski definition) is 4. The number of hydrogen-bond donors (Lipinski definition) is 1. The van der Waals surface area contributed by atoms with Crippen LogP contribution in [0.1, 0.15) is 32.6 Å². The van der Waals surface area contributed by atoms with Crippen LogP contribution in [0.3, 0.4) is 0 Å². The summed E-state index contributed by atoms with van der Waals surface area (Å²) in [6.45, 7) is 4.44. The predicted octanol–water partition coefficient (Wildman–Crippen LogP) is 0.764. The summed E-state index contributed by atoms with van der Waals surface area (Å²) in [7, 11) is 1.46. The molecule has 92 valence electrons. The molecule has 0 radical (unpaired) electrons. The standard InChI is InChI=1S/C12H22N2O2/c1-3-9(12(15)16-2)13-10-6-8-14-7-4-5-11(10)14/h9-11,13H,3-8H2,1-2H3. The number of rotatable bonds is 4. The van der Waals surface area contributed by atoms with Gasteiger partial charge in [0, 0.05) is 18.6 Å². The van der Waals surface area contributed by atoms with E-state index < -0.39 is 0 Å². The van der Waals surface area contributed by atoms with E-state index in [9.17, 15) is 4.79 Å². The van der Waals surface area contributed by atoms with Crippen molar-refractivity contribution in [3.8, 4) is 0 Å². The van der Waals surface area contributed by atoms with Gasteiger partial charge in [0.25, 0.3) is 0 Å². The van der Waals surface area contributed by atoms with E-state index in [-0.39, 0.29) is 12.0 Å². The van der Waals surface area contributed by atoms with Gasteiger partial charge in [-0.25, -0.2) is 0 Å². The van der Waals surface area contributed by atoms with Crippen LogP contribution in [0, 0.1) is 0 Å². The van der Waals surface area contributed by atoms with Crippen LogP contribution in [0.25, 0.3) is 0 Å². The van der Waals surface area contributed by atoms with Crippen LogP contribution in [0.15, 0.2) is 0 Å². The van der Waals surface area contributed by atoms with E-state index in [2.05, 4.69) is 10.2 Å². The lowest BCUT2D eigenvalue weighted by atomic mass is 10.0. The molecule has 2 fully saturated rings. The van der Waals surface area contributed by atoms with Gasteiger partial charge in [-0.1, -0.05) is 6.92 Å². The molecule has 2 heterocycles. The van der Waals surface area contributed by atoms with Crippen LogP contribution >= 0.6 is 0 Å². The summed E-state index contributed by atoms with van der Waals surface area (Å²) in [5.41, 5.74) is 0. The Morgan fingerprint density at radius 1 is 1.50 bits per heavy atom. The fourth-order valence-corrected chi connectivity index (χ4v) is 3.03. The van der Waals surface area contributed by atoms with Gasteiger partial charge in [-0.05, 0) is 32.2 Å². The van der Waals surface area contributed by atoms with Gasteiger partial charge < -0.3 is 4.74 Å². The lowest BCUT2D eigenvalue weighted by molar-refractivity contribution is -0.143. The highest BCUT2D eigenvalue weighted by molar-refractivity contribution is 5.75. The fraction of sp³-hybridized carbons (Fsp3) is 0.917. The topological polar surface area (TPSA) is 41.6 Å². The number of carbonyl (C=O) groups is 1. The number of nitrogens with zero attached hydrogens (tertiary/aromatic N) is 1. The number of carbonyl (C=O) groups excluding carboxylic acids is 1. The third-order valence-electron chi connectivity index (χ3n) is 3.92. The zero-order chi connectivity index (χ0) is 11.5. The second kappa shape index (κ2) is 5.15. The quantitative estimate of drug-likeness (QED) is 0.719. The Morgan fingerprint density at radius 3 is 3.00 bits per heavy atom. The maximum Gasteiger partial charge on any atom is 0.322 e. The number of nitrogens with one attached hydrogen (secondary N) is 1. The Labute approximate surface area is 97.3 Å². The molecule has 2 aliphatic rings. The van der Waals surface area contributed by atoms with Gasteiger partial charge in [0.05, 0.1) is 7.11 Å². The molecule has 0 spiro atoms. The van der Waals surface area contributed by atoms with Crippen molar-refractivity contribution in [1.29, 1.82) is 0 Å². The lowest BCUT2D eigenvalue weighted by Gasteiger charge is -2.25. The van der Waals surface area contributed by atoms with Crippen molar-refractivity contribution in [2.24, 2.45) is 0 Å².